The van der Waals surface area contributed by atoms with Gasteiger partial charge in [0.05, 0.1) is 4.92 Å². The van der Waals surface area contributed by atoms with Crippen LogP contribution in [0, 0.1) is 21.4 Å². The maximum Gasteiger partial charge on any atom is 0.307 e. The van der Waals surface area contributed by atoms with Crippen LogP contribution in [0.15, 0.2) is 46.6 Å². The first-order valence-corrected chi connectivity index (χ1v) is 8.73. The van der Waals surface area contributed by atoms with Crippen LogP contribution >= 0.6 is 11.8 Å². The van der Waals surface area contributed by atoms with Crippen LogP contribution in [0.4, 0.5) is 5.69 Å². The Morgan fingerprint density at radius 3 is 2.89 bits per heavy atom. The Labute approximate surface area is 156 Å². The predicted octanol–water partition coefficient (Wildman–Crippen LogP) is 2.17. The summed E-state index contributed by atoms with van der Waals surface area (Å²) >= 11 is 1.24. The first-order chi connectivity index (χ1) is 13.0. The SMILES string of the molecule is CSc1nc(-c2ccccc2OCn2cc([N+](=O)[O-])cn2)c(C#N)c(=O)[nH]1. The monoisotopic (exact) mass is 384 g/mol. The molecule has 0 unspecified atom stereocenters. The summed E-state index contributed by atoms with van der Waals surface area (Å²) in [4.78, 5) is 29.2. The van der Waals surface area contributed by atoms with Crippen molar-refractivity contribution in [2.24, 2.45) is 0 Å². The normalized spacial score (nSPS) is 10.4. The molecule has 0 amide bonds. The second-order valence-electron chi connectivity index (χ2n) is 5.18. The van der Waals surface area contributed by atoms with E-state index in [1.807, 2.05) is 6.07 Å². The lowest BCUT2D eigenvalue weighted by Gasteiger charge is -2.12. The molecule has 3 rings (SSSR count). The fraction of sp³-hybridized carbons (Fsp3) is 0.125. The van der Waals surface area contributed by atoms with E-state index in [-0.39, 0.29) is 23.7 Å². The number of hydrogen-bond acceptors (Lipinski definition) is 8. The van der Waals surface area contributed by atoms with E-state index in [0.29, 0.717) is 16.5 Å². The minimum Gasteiger partial charge on any atom is -0.471 e. The Kier molecular flexibility index (Phi) is 5.18. The lowest BCUT2D eigenvalue weighted by molar-refractivity contribution is -0.385. The second kappa shape index (κ2) is 7.71. The van der Waals surface area contributed by atoms with Gasteiger partial charge < -0.3 is 9.72 Å². The van der Waals surface area contributed by atoms with E-state index >= 15 is 0 Å². The number of hydrogen-bond donors (Lipinski definition) is 1. The van der Waals surface area contributed by atoms with Crippen molar-refractivity contribution < 1.29 is 9.66 Å². The number of nitrogens with zero attached hydrogens (tertiary/aromatic N) is 5. The molecule has 0 spiro atoms. The van der Waals surface area contributed by atoms with Crippen molar-refractivity contribution in [1.29, 1.82) is 5.26 Å². The highest BCUT2D eigenvalue weighted by atomic mass is 32.2. The molecule has 1 aromatic carbocycles. The van der Waals surface area contributed by atoms with E-state index in [1.54, 1.807) is 30.5 Å². The third-order valence-corrected chi connectivity index (χ3v) is 4.11. The summed E-state index contributed by atoms with van der Waals surface area (Å²) < 4.78 is 6.96. The largest absolute Gasteiger partial charge is 0.471 e. The second-order valence-corrected chi connectivity index (χ2v) is 5.97. The molecular weight excluding hydrogens is 372 g/mol. The number of ether oxygens (including phenoxy) is 1. The van der Waals surface area contributed by atoms with Crippen LogP contribution in [0.2, 0.25) is 0 Å². The average molecular weight is 384 g/mol. The van der Waals surface area contributed by atoms with Gasteiger partial charge in [-0.25, -0.2) is 9.67 Å². The summed E-state index contributed by atoms with van der Waals surface area (Å²) in [5, 5.41) is 24.3. The van der Waals surface area contributed by atoms with E-state index < -0.39 is 10.5 Å². The van der Waals surface area contributed by atoms with Crippen LogP contribution in [0.25, 0.3) is 11.3 Å². The first-order valence-electron chi connectivity index (χ1n) is 7.51. The molecule has 27 heavy (non-hydrogen) atoms. The van der Waals surface area contributed by atoms with Crippen molar-refractivity contribution in [3.05, 3.63) is 62.7 Å². The molecule has 0 saturated heterocycles. The Hall–Kier alpha value is -3.65. The zero-order chi connectivity index (χ0) is 19.4. The lowest BCUT2D eigenvalue weighted by atomic mass is 10.1. The van der Waals surface area contributed by atoms with Gasteiger partial charge in [0, 0.05) is 5.56 Å². The molecule has 2 heterocycles. The molecule has 0 saturated carbocycles. The van der Waals surface area contributed by atoms with Crippen LogP contribution in [0.3, 0.4) is 0 Å². The molecule has 3 aromatic rings. The molecule has 0 atom stereocenters. The molecule has 0 aliphatic carbocycles. The molecule has 0 aliphatic heterocycles. The van der Waals surface area contributed by atoms with Crippen molar-refractivity contribution in [2.75, 3.05) is 6.26 Å². The van der Waals surface area contributed by atoms with Crippen molar-refractivity contribution in [2.45, 2.75) is 11.9 Å². The fourth-order valence-corrected chi connectivity index (χ4v) is 2.67. The molecule has 0 bridgehead atoms. The van der Waals surface area contributed by atoms with Gasteiger partial charge in [0.15, 0.2) is 11.9 Å². The van der Waals surface area contributed by atoms with Crippen LogP contribution < -0.4 is 10.3 Å². The number of benzene rings is 1. The molecule has 136 valence electrons. The first kappa shape index (κ1) is 18.2. The Morgan fingerprint density at radius 1 is 1.44 bits per heavy atom. The summed E-state index contributed by atoms with van der Waals surface area (Å²) in [6, 6.07) is 8.64. The molecule has 11 heteroatoms. The summed E-state index contributed by atoms with van der Waals surface area (Å²) in [6.07, 6.45) is 4.10. The van der Waals surface area contributed by atoms with Gasteiger partial charge in [0.1, 0.15) is 35.5 Å². The summed E-state index contributed by atoms with van der Waals surface area (Å²) in [7, 11) is 0. The van der Waals surface area contributed by atoms with Gasteiger partial charge in [-0.3, -0.25) is 14.9 Å². The predicted molar refractivity (Wildman–Crippen MR) is 96.3 cm³/mol. The number of aromatic nitrogens is 4. The Balaban J connectivity index is 1.97. The molecule has 0 aliphatic rings. The third-order valence-electron chi connectivity index (χ3n) is 3.53. The van der Waals surface area contributed by atoms with Crippen LogP contribution in [0.1, 0.15) is 5.56 Å². The quantitative estimate of drug-likeness (QED) is 0.295. The molecule has 1 N–H and O–H groups in total. The van der Waals surface area contributed by atoms with E-state index in [0.717, 1.165) is 6.20 Å². The molecular formula is C16H12N6O4S. The van der Waals surface area contributed by atoms with Gasteiger partial charge in [-0.15, -0.1) is 0 Å². The van der Waals surface area contributed by atoms with Gasteiger partial charge in [-0.2, -0.15) is 10.4 Å². The molecule has 0 radical (unpaired) electrons. The zero-order valence-corrected chi connectivity index (χ0v) is 14.8. The number of thioether (sulfide) groups is 1. The zero-order valence-electron chi connectivity index (χ0n) is 13.9. The highest BCUT2D eigenvalue weighted by molar-refractivity contribution is 7.98. The summed E-state index contributed by atoms with van der Waals surface area (Å²) in [6.45, 7) is -0.0919. The van der Waals surface area contributed by atoms with Crippen molar-refractivity contribution in [3.63, 3.8) is 0 Å². The standard InChI is InChI=1S/C16H12N6O4S/c1-27-16-19-14(12(6-17)15(23)20-16)11-4-2-3-5-13(11)26-9-21-8-10(7-18-21)22(24)25/h2-5,7-8H,9H2,1H3,(H,19,20,23). The smallest absolute Gasteiger partial charge is 0.307 e. The number of nitro groups is 1. The molecule has 2 aromatic heterocycles. The summed E-state index contributed by atoms with van der Waals surface area (Å²) in [5.74, 6) is 0.359. The van der Waals surface area contributed by atoms with Crippen LogP contribution in [-0.4, -0.2) is 30.9 Å². The van der Waals surface area contributed by atoms with E-state index in [9.17, 15) is 20.2 Å². The minimum atomic E-state index is -0.555. The Morgan fingerprint density at radius 2 is 2.22 bits per heavy atom. The number of H-pyrrole nitrogens is 1. The van der Waals surface area contributed by atoms with Crippen LogP contribution in [0.5, 0.6) is 5.75 Å². The number of rotatable bonds is 6. The number of aromatic amines is 1. The summed E-state index contributed by atoms with van der Waals surface area (Å²) in [5.41, 5.74) is -0.160. The van der Waals surface area contributed by atoms with Crippen molar-refractivity contribution in [3.8, 4) is 23.1 Å². The maximum absolute atomic E-state index is 12.1. The minimum absolute atomic E-state index is 0.0919. The lowest BCUT2D eigenvalue weighted by Crippen LogP contribution is -2.15. The van der Waals surface area contributed by atoms with Gasteiger partial charge >= 0.3 is 5.69 Å². The maximum atomic E-state index is 12.1. The van der Waals surface area contributed by atoms with Gasteiger partial charge in [-0.1, -0.05) is 23.9 Å². The topological polar surface area (TPSA) is 140 Å². The highest BCUT2D eigenvalue weighted by Gasteiger charge is 2.17. The van der Waals surface area contributed by atoms with Gasteiger partial charge in [0.2, 0.25) is 0 Å². The van der Waals surface area contributed by atoms with E-state index in [2.05, 4.69) is 15.1 Å². The highest BCUT2D eigenvalue weighted by Crippen LogP contribution is 2.30. The number of para-hydroxylation sites is 1. The van der Waals surface area contributed by atoms with Crippen LogP contribution in [-0.2, 0) is 6.73 Å². The van der Waals surface area contributed by atoms with E-state index in [4.69, 9.17) is 4.74 Å². The number of nitriles is 1. The Bertz CT molecular complexity index is 1100. The van der Waals surface area contributed by atoms with E-state index in [1.165, 1.54) is 22.6 Å². The molecule has 10 nitrogen and oxygen atoms in total. The third kappa shape index (κ3) is 3.80. The number of nitrogens with one attached hydrogen (secondary N) is 1. The fourth-order valence-electron chi connectivity index (χ4n) is 2.29. The van der Waals surface area contributed by atoms with Crippen molar-refractivity contribution >= 4 is 17.4 Å². The average Bonchev–Trinajstić information content (AvgIpc) is 3.15. The van der Waals surface area contributed by atoms with Gasteiger partial charge in [-0.05, 0) is 18.4 Å². The molecule has 0 fully saturated rings. The van der Waals surface area contributed by atoms with Crippen molar-refractivity contribution in [1.82, 2.24) is 19.7 Å². The van der Waals surface area contributed by atoms with Gasteiger partial charge in [0.25, 0.3) is 5.56 Å².